The number of ether oxygens (including phenoxy) is 2. The lowest BCUT2D eigenvalue weighted by Gasteiger charge is -2.29. The average molecular weight is 460 g/mol. The SMILES string of the molecule is COc1ccccc1C(CNC(=O)c1cc(C)c(OCc2cccnc2)c(C)c1)N1CCCC1. The fourth-order valence-corrected chi connectivity index (χ4v) is 4.67. The molecule has 34 heavy (non-hydrogen) atoms. The Balaban J connectivity index is 1.46. The van der Waals surface area contributed by atoms with Crippen molar-refractivity contribution in [1.29, 1.82) is 0 Å². The lowest BCUT2D eigenvalue weighted by molar-refractivity contribution is 0.0937. The van der Waals surface area contributed by atoms with Crippen LogP contribution in [-0.4, -0.2) is 42.5 Å². The highest BCUT2D eigenvalue weighted by Gasteiger charge is 2.26. The van der Waals surface area contributed by atoms with Crippen LogP contribution in [-0.2, 0) is 6.61 Å². The van der Waals surface area contributed by atoms with Crippen molar-refractivity contribution < 1.29 is 14.3 Å². The number of carbonyl (C=O) groups excluding carboxylic acids is 1. The molecule has 4 rings (SSSR count). The van der Waals surface area contributed by atoms with Gasteiger partial charge in [-0.05, 0) is 75.2 Å². The van der Waals surface area contributed by atoms with Crippen molar-refractivity contribution in [3.8, 4) is 11.5 Å². The third kappa shape index (κ3) is 5.57. The predicted molar refractivity (Wildman–Crippen MR) is 133 cm³/mol. The van der Waals surface area contributed by atoms with E-state index in [1.165, 1.54) is 12.8 Å². The number of nitrogens with one attached hydrogen (secondary N) is 1. The summed E-state index contributed by atoms with van der Waals surface area (Å²) in [6, 6.07) is 15.8. The number of pyridine rings is 1. The zero-order valence-corrected chi connectivity index (χ0v) is 20.2. The van der Waals surface area contributed by atoms with Crippen molar-refractivity contribution in [3.63, 3.8) is 0 Å². The Hall–Kier alpha value is -3.38. The maximum absolute atomic E-state index is 13.1. The fraction of sp³-hybridized carbons (Fsp3) is 0.357. The summed E-state index contributed by atoms with van der Waals surface area (Å²) in [5, 5.41) is 3.17. The van der Waals surface area contributed by atoms with E-state index >= 15 is 0 Å². The van der Waals surface area contributed by atoms with Gasteiger partial charge in [0.25, 0.3) is 5.91 Å². The summed E-state index contributed by atoms with van der Waals surface area (Å²) in [7, 11) is 1.70. The normalized spacial score (nSPS) is 14.6. The molecule has 0 saturated carbocycles. The lowest BCUT2D eigenvalue weighted by atomic mass is 10.0. The van der Waals surface area contributed by atoms with Crippen molar-refractivity contribution in [2.75, 3.05) is 26.7 Å². The molecule has 1 fully saturated rings. The summed E-state index contributed by atoms with van der Waals surface area (Å²) in [6.07, 6.45) is 5.90. The van der Waals surface area contributed by atoms with Gasteiger partial charge in [0.1, 0.15) is 18.1 Å². The molecule has 1 aliphatic rings. The van der Waals surface area contributed by atoms with Gasteiger partial charge in [-0.2, -0.15) is 0 Å². The molecule has 0 aliphatic carbocycles. The van der Waals surface area contributed by atoms with Crippen LogP contribution in [0.25, 0.3) is 0 Å². The van der Waals surface area contributed by atoms with Crippen LogP contribution in [0.5, 0.6) is 11.5 Å². The smallest absolute Gasteiger partial charge is 0.251 e. The van der Waals surface area contributed by atoms with E-state index < -0.39 is 0 Å². The van der Waals surface area contributed by atoms with E-state index in [1.54, 1.807) is 19.5 Å². The van der Waals surface area contributed by atoms with E-state index in [0.29, 0.717) is 18.7 Å². The number of amides is 1. The monoisotopic (exact) mass is 459 g/mol. The van der Waals surface area contributed by atoms with E-state index in [4.69, 9.17) is 9.47 Å². The van der Waals surface area contributed by atoms with E-state index in [2.05, 4.69) is 21.3 Å². The second kappa shape index (κ2) is 11.2. The van der Waals surface area contributed by atoms with E-state index in [9.17, 15) is 4.79 Å². The molecule has 0 spiro atoms. The maximum atomic E-state index is 13.1. The van der Waals surface area contributed by atoms with Gasteiger partial charge in [-0.1, -0.05) is 24.3 Å². The zero-order valence-electron chi connectivity index (χ0n) is 20.2. The maximum Gasteiger partial charge on any atom is 0.251 e. The van der Waals surface area contributed by atoms with Gasteiger partial charge in [-0.25, -0.2) is 0 Å². The van der Waals surface area contributed by atoms with Crippen LogP contribution in [0.3, 0.4) is 0 Å². The molecule has 1 saturated heterocycles. The average Bonchev–Trinajstić information content (AvgIpc) is 3.39. The summed E-state index contributed by atoms with van der Waals surface area (Å²) in [5.41, 5.74) is 4.64. The molecule has 1 aliphatic heterocycles. The zero-order chi connectivity index (χ0) is 23.9. The lowest BCUT2D eigenvalue weighted by Crippen LogP contribution is -2.37. The van der Waals surface area contributed by atoms with Crippen LogP contribution in [0.2, 0.25) is 0 Å². The molecule has 1 N–H and O–H groups in total. The quantitative estimate of drug-likeness (QED) is 0.495. The van der Waals surface area contributed by atoms with Crippen LogP contribution in [0, 0.1) is 13.8 Å². The van der Waals surface area contributed by atoms with Crippen molar-refractivity contribution in [2.45, 2.75) is 39.3 Å². The van der Waals surface area contributed by atoms with Crippen molar-refractivity contribution in [1.82, 2.24) is 15.2 Å². The van der Waals surface area contributed by atoms with Gasteiger partial charge in [-0.15, -0.1) is 0 Å². The third-order valence-electron chi connectivity index (χ3n) is 6.36. The second-order valence-corrected chi connectivity index (χ2v) is 8.80. The molecular formula is C28H33N3O3. The Labute approximate surface area is 201 Å². The van der Waals surface area contributed by atoms with E-state index in [-0.39, 0.29) is 11.9 Å². The van der Waals surface area contributed by atoms with Gasteiger partial charge in [0.2, 0.25) is 0 Å². The predicted octanol–water partition coefficient (Wildman–Crippen LogP) is 4.85. The first-order valence-electron chi connectivity index (χ1n) is 11.8. The minimum atomic E-state index is -0.0795. The number of carbonyl (C=O) groups is 1. The molecule has 3 aromatic rings. The summed E-state index contributed by atoms with van der Waals surface area (Å²) >= 11 is 0. The van der Waals surface area contributed by atoms with E-state index in [1.807, 2.05) is 56.3 Å². The summed E-state index contributed by atoms with van der Waals surface area (Å²) in [6.45, 7) is 6.97. The number of likely N-dealkylation sites (tertiary alicyclic amines) is 1. The van der Waals surface area contributed by atoms with Gasteiger partial charge in [0.05, 0.1) is 13.2 Å². The molecule has 0 radical (unpaired) electrons. The standard InChI is InChI=1S/C28H33N3O3/c1-20-15-23(16-21(2)27(20)34-19-22-9-8-12-29-17-22)28(32)30-18-25(31-13-6-7-14-31)24-10-4-5-11-26(24)33-3/h4-5,8-12,15-17,25H,6-7,13-14,18-19H2,1-3H3,(H,30,32). The van der Waals surface area contributed by atoms with Gasteiger partial charge < -0.3 is 14.8 Å². The number of aromatic nitrogens is 1. The number of para-hydroxylation sites is 1. The minimum absolute atomic E-state index is 0.0758. The highest BCUT2D eigenvalue weighted by atomic mass is 16.5. The number of benzene rings is 2. The Bertz CT molecular complexity index is 1090. The first-order valence-corrected chi connectivity index (χ1v) is 11.8. The van der Waals surface area contributed by atoms with Gasteiger partial charge in [0, 0.05) is 35.6 Å². The third-order valence-corrected chi connectivity index (χ3v) is 6.36. The van der Waals surface area contributed by atoms with Gasteiger partial charge in [0.15, 0.2) is 0 Å². The molecule has 6 heteroatoms. The summed E-state index contributed by atoms with van der Waals surface area (Å²) in [4.78, 5) is 19.7. The molecule has 6 nitrogen and oxygen atoms in total. The second-order valence-electron chi connectivity index (χ2n) is 8.80. The number of aryl methyl sites for hydroxylation is 2. The highest BCUT2D eigenvalue weighted by molar-refractivity contribution is 5.95. The first kappa shape index (κ1) is 23.8. The van der Waals surface area contributed by atoms with Gasteiger partial charge >= 0.3 is 0 Å². The molecule has 1 unspecified atom stereocenters. The summed E-state index contributed by atoms with van der Waals surface area (Å²) < 4.78 is 11.7. The molecule has 178 valence electrons. The highest BCUT2D eigenvalue weighted by Crippen LogP contribution is 2.31. The number of methoxy groups -OCH3 is 1. The molecular weight excluding hydrogens is 426 g/mol. The molecule has 0 bridgehead atoms. The first-order chi connectivity index (χ1) is 16.6. The molecule has 2 heterocycles. The molecule has 1 aromatic heterocycles. The Morgan fingerprint density at radius 3 is 2.50 bits per heavy atom. The fourth-order valence-electron chi connectivity index (χ4n) is 4.67. The van der Waals surface area contributed by atoms with E-state index in [0.717, 1.165) is 46.8 Å². The van der Waals surface area contributed by atoms with Crippen LogP contribution >= 0.6 is 0 Å². The Morgan fingerprint density at radius 1 is 1.09 bits per heavy atom. The molecule has 2 aromatic carbocycles. The van der Waals surface area contributed by atoms with Crippen LogP contribution in [0.4, 0.5) is 0 Å². The molecule has 1 atom stereocenters. The van der Waals surface area contributed by atoms with Crippen molar-refractivity contribution in [2.24, 2.45) is 0 Å². The van der Waals surface area contributed by atoms with Crippen molar-refractivity contribution >= 4 is 5.91 Å². The Kier molecular flexibility index (Phi) is 7.80. The Morgan fingerprint density at radius 2 is 1.82 bits per heavy atom. The topological polar surface area (TPSA) is 63.7 Å². The number of nitrogens with zero attached hydrogens (tertiary/aromatic N) is 2. The summed E-state index contributed by atoms with van der Waals surface area (Å²) in [5.74, 6) is 1.59. The largest absolute Gasteiger partial charge is 0.496 e. The van der Waals surface area contributed by atoms with Crippen LogP contribution in [0.15, 0.2) is 60.9 Å². The molecule has 1 amide bonds. The minimum Gasteiger partial charge on any atom is -0.496 e. The van der Waals surface area contributed by atoms with Crippen molar-refractivity contribution in [3.05, 3.63) is 88.7 Å². The number of rotatable bonds is 9. The number of hydrogen-bond donors (Lipinski definition) is 1. The van der Waals surface area contributed by atoms with Gasteiger partial charge in [-0.3, -0.25) is 14.7 Å². The number of hydrogen-bond acceptors (Lipinski definition) is 5. The van der Waals surface area contributed by atoms with Crippen LogP contribution < -0.4 is 14.8 Å². The van der Waals surface area contributed by atoms with Crippen LogP contribution in [0.1, 0.15) is 51.5 Å².